The number of rotatable bonds is 4. The molecule has 128 valence electrons. The fourth-order valence-corrected chi connectivity index (χ4v) is 2.36. The van der Waals surface area contributed by atoms with Crippen molar-refractivity contribution in [2.45, 2.75) is 26.3 Å². The first-order valence-corrected chi connectivity index (χ1v) is 7.88. The molecule has 3 aromatic rings. The summed E-state index contributed by atoms with van der Waals surface area (Å²) in [4.78, 5) is 24.7. The van der Waals surface area contributed by atoms with Crippen molar-refractivity contribution < 1.29 is 4.79 Å². The minimum absolute atomic E-state index is 0.0963. The molecule has 0 atom stereocenters. The van der Waals surface area contributed by atoms with E-state index in [9.17, 15) is 4.79 Å². The minimum atomic E-state index is -0.261. The third-order valence-corrected chi connectivity index (χ3v) is 3.36. The van der Waals surface area contributed by atoms with Gasteiger partial charge in [0, 0.05) is 17.4 Å². The molecule has 1 amide bonds. The van der Waals surface area contributed by atoms with Gasteiger partial charge >= 0.3 is 0 Å². The maximum absolute atomic E-state index is 11.4. The molecule has 0 aliphatic carbocycles. The molecule has 0 radical (unpaired) electrons. The van der Waals surface area contributed by atoms with Gasteiger partial charge in [-0.2, -0.15) is 4.98 Å². The van der Waals surface area contributed by atoms with E-state index in [0.29, 0.717) is 11.6 Å². The molecule has 0 aliphatic rings. The Morgan fingerprint density at radius 3 is 2.76 bits per heavy atom. The first kappa shape index (κ1) is 16.6. The smallest absolute Gasteiger partial charge is 0.247 e. The molecule has 2 aromatic heterocycles. The summed E-state index contributed by atoms with van der Waals surface area (Å²) in [5, 5.41) is 6.05. The summed E-state index contributed by atoms with van der Waals surface area (Å²) in [5.74, 6) is 1.01. The number of imidazole rings is 1. The van der Waals surface area contributed by atoms with E-state index in [1.165, 1.54) is 6.08 Å². The van der Waals surface area contributed by atoms with Gasteiger partial charge in [0.15, 0.2) is 0 Å². The standard InChI is InChI=1S/C18H20N6O/c1-5-16(25)21-12-6-7-14-13(10-12)20-11-24(14)17-19-9-8-15(22-17)23-18(2,3)4/h5-11H,1H2,2-4H3,(H,21,25)(H,19,22,23). The number of anilines is 2. The van der Waals surface area contributed by atoms with Crippen molar-refractivity contribution in [1.29, 1.82) is 0 Å². The normalized spacial score (nSPS) is 11.3. The van der Waals surface area contributed by atoms with Gasteiger partial charge < -0.3 is 10.6 Å². The average Bonchev–Trinajstić information content (AvgIpc) is 2.96. The molecular weight excluding hydrogens is 316 g/mol. The van der Waals surface area contributed by atoms with Crippen molar-refractivity contribution >= 4 is 28.4 Å². The van der Waals surface area contributed by atoms with E-state index in [2.05, 4.69) is 52.9 Å². The minimum Gasteiger partial charge on any atom is -0.365 e. The third-order valence-electron chi connectivity index (χ3n) is 3.36. The van der Waals surface area contributed by atoms with Gasteiger partial charge in [0.25, 0.3) is 0 Å². The average molecular weight is 336 g/mol. The van der Waals surface area contributed by atoms with Gasteiger partial charge in [-0.1, -0.05) is 6.58 Å². The topological polar surface area (TPSA) is 84.7 Å². The molecule has 0 bridgehead atoms. The second-order valence-electron chi connectivity index (χ2n) is 6.63. The van der Waals surface area contributed by atoms with Gasteiger partial charge in [0.1, 0.15) is 12.1 Å². The van der Waals surface area contributed by atoms with E-state index >= 15 is 0 Å². The molecule has 0 saturated heterocycles. The van der Waals surface area contributed by atoms with Crippen molar-refractivity contribution in [2.75, 3.05) is 10.6 Å². The lowest BCUT2D eigenvalue weighted by Crippen LogP contribution is -2.26. The molecule has 1 aromatic carbocycles. The van der Waals surface area contributed by atoms with E-state index in [-0.39, 0.29) is 11.4 Å². The Balaban J connectivity index is 1.95. The molecule has 0 spiro atoms. The molecule has 0 saturated carbocycles. The van der Waals surface area contributed by atoms with Crippen molar-refractivity contribution in [3.8, 4) is 5.95 Å². The third kappa shape index (κ3) is 3.82. The van der Waals surface area contributed by atoms with Crippen LogP contribution in [0.3, 0.4) is 0 Å². The van der Waals surface area contributed by atoms with Crippen LogP contribution in [0, 0.1) is 0 Å². The van der Waals surface area contributed by atoms with Crippen molar-refractivity contribution in [3.63, 3.8) is 0 Å². The zero-order valence-corrected chi connectivity index (χ0v) is 14.4. The lowest BCUT2D eigenvalue weighted by atomic mass is 10.1. The van der Waals surface area contributed by atoms with E-state index in [1.807, 2.05) is 16.7 Å². The van der Waals surface area contributed by atoms with Gasteiger partial charge in [-0.25, -0.2) is 9.97 Å². The lowest BCUT2D eigenvalue weighted by molar-refractivity contribution is -0.111. The molecule has 7 heteroatoms. The number of nitrogens with one attached hydrogen (secondary N) is 2. The first-order chi connectivity index (χ1) is 11.9. The van der Waals surface area contributed by atoms with Gasteiger partial charge in [-0.15, -0.1) is 0 Å². The molecule has 2 heterocycles. The van der Waals surface area contributed by atoms with Crippen molar-refractivity contribution in [3.05, 3.63) is 49.4 Å². The second-order valence-corrected chi connectivity index (χ2v) is 6.63. The van der Waals surface area contributed by atoms with Crippen molar-refractivity contribution in [2.24, 2.45) is 0 Å². The predicted molar refractivity (Wildman–Crippen MR) is 98.9 cm³/mol. The largest absolute Gasteiger partial charge is 0.365 e. The summed E-state index contributed by atoms with van der Waals surface area (Å²) in [6.07, 6.45) is 4.60. The van der Waals surface area contributed by atoms with E-state index in [1.54, 1.807) is 24.7 Å². The van der Waals surface area contributed by atoms with Crippen LogP contribution in [0.2, 0.25) is 0 Å². The molecule has 0 unspecified atom stereocenters. The first-order valence-electron chi connectivity index (χ1n) is 7.88. The zero-order chi connectivity index (χ0) is 18.0. The molecular formula is C18H20N6O. The molecule has 25 heavy (non-hydrogen) atoms. The van der Waals surface area contributed by atoms with Gasteiger partial charge in [0.05, 0.1) is 11.0 Å². The Kier molecular flexibility index (Phi) is 4.22. The highest BCUT2D eigenvalue weighted by molar-refractivity contribution is 6.00. The summed E-state index contributed by atoms with van der Waals surface area (Å²) < 4.78 is 1.81. The monoisotopic (exact) mass is 336 g/mol. The maximum Gasteiger partial charge on any atom is 0.247 e. The lowest BCUT2D eigenvalue weighted by Gasteiger charge is -2.21. The number of amides is 1. The Labute approximate surface area is 145 Å². The summed E-state index contributed by atoms with van der Waals surface area (Å²) in [6, 6.07) is 7.30. The van der Waals surface area contributed by atoms with Crippen LogP contribution in [0.5, 0.6) is 0 Å². The van der Waals surface area contributed by atoms with Gasteiger partial charge in [-0.05, 0) is 51.1 Å². The zero-order valence-electron chi connectivity index (χ0n) is 14.4. The van der Waals surface area contributed by atoms with Crippen LogP contribution >= 0.6 is 0 Å². The highest BCUT2D eigenvalue weighted by Gasteiger charge is 2.13. The molecule has 0 aliphatic heterocycles. The molecule has 7 nitrogen and oxygen atoms in total. The number of benzene rings is 1. The van der Waals surface area contributed by atoms with Crippen LogP contribution in [-0.4, -0.2) is 31.0 Å². The SMILES string of the molecule is C=CC(=O)Nc1ccc2c(c1)ncn2-c1nccc(NC(C)(C)C)n1. The summed E-state index contributed by atoms with van der Waals surface area (Å²) in [7, 11) is 0. The predicted octanol–water partition coefficient (Wildman–Crippen LogP) is 3.15. The molecule has 2 N–H and O–H groups in total. The van der Waals surface area contributed by atoms with Gasteiger partial charge in [0.2, 0.25) is 11.9 Å². The van der Waals surface area contributed by atoms with Crippen LogP contribution in [0.4, 0.5) is 11.5 Å². The highest BCUT2D eigenvalue weighted by atomic mass is 16.1. The fraction of sp³-hybridized carbons (Fsp3) is 0.222. The quantitative estimate of drug-likeness (QED) is 0.715. The number of hydrogen-bond donors (Lipinski definition) is 2. The highest BCUT2D eigenvalue weighted by Crippen LogP contribution is 2.21. The molecule has 0 fully saturated rings. The molecule has 3 rings (SSSR count). The Bertz CT molecular complexity index is 938. The Morgan fingerprint density at radius 2 is 2.04 bits per heavy atom. The van der Waals surface area contributed by atoms with Crippen LogP contribution in [0.25, 0.3) is 17.0 Å². The Hall–Kier alpha value is -3.22. The number of nitrogens with zero attached hydrogens (tertiary/aromatic N) is 4. The van der Waals surface area contributed by atoms with E-state index in [0.717, 1.165) is 16.9 Å². The van der Waals surface area contributed by atoms with Crippen molar-refractivity contribution in [1.82, 2.24) is 19.5 Å². The number of fused-ring (bicyclic) bond motifs is 1. The summed E-state index contributed by atoms with van der Waals surface area (Å²) >= 11 is 0. The van der Waals surface area contributed by atoms with Crippen LogP contribution in [-0.2, 0) is 4.79 Å². The van der Waals surface area contributed by atoms with E-state index < -0.39 is 0 Å². The van der Waals surface area contributed by atoms with Crippen LogP contribution < -0.4 is 10.6 Å². The Morgan fingerprint density at radius 1 is 1.24 bits per heavy atom. The number of hydrogen-bond acceptors (Lipinski definition) is 5. The number of carbonyl (C=O) groups is 1. The van der Waals surface area contributed by atoms with Crippen LogP contribution in [0.15, 0.2) is 49.4 Å². The summed E-state index contributed by atoms with van der Waals surface area (Å²) in [5.41, 5.74) is 2.15. The van der Waals surface area contributed by atoms with E-state index in [4.69, 9.17) is 0 Å². The number of aromatic nitrogens is 4. The summed E-state index contributed by atoms with van der Waals surface area (Å²) in [6.45, 7) is 9.65. The second kappa shape index (κ2) is 6.35. The number of carbonyl (C=O) groups excluding carboxylic acids is 1. The maximum atomic E-state index is 11.4. The fourth-order valence-electron chi connectivity index (χ4n) is 2.36. The van der Waals surface area contributed by atoms with Crippen LogP contribution in [0.1, 0.15) is 20.8 Å². The van der Waals surface area contributed by atoms with Gasteiger partial charge in [-0.3, -0.25) is 9.36 Å².